The molecule has 0 radical (unpaired) electrons. The maximum absolute atomic E-state index is 3.96. The number of aliphatic imine (C=N–C) groups is 1. The summed E-state index contributed by atoms with van der Waals surface area (Å²) in [6.07, 6.45) is 0. The van der Waals surface area contributed by atoms with E-state index in [-0.39, 0.29) is 0 Å². The Kier molecular flexibility index (Phi) is 3.23. The van der Waals surface area contributed by atoms with Gasteiger partial charge in [0.25, 0.3) is 0 Å². The summed E-state index contributed by atoms with van der Waals surface area (Å²) in [6.45, 7) is 5.30. The van der Waals surface area contributed by atoms with Crippen molar-refractivity contribution in [1.82, 2.24) is 0 Å². The predicted molar refractivity (Wildman–Crippen MR) is 32.9 cm³/mol. The van der Waals surface area contributed by atoms with Crippen molar-refractivity contribution < 1.29 is 0 Å². The average molecular weight is 103 g/mol. The van der Waals surface area contributed by atoms with E-state index in [4.69, 9.17) is 0 Å². The van der Waals surface area contributed by atoms with Crippen LogP contribution in [0, 0.1) is 0 Å². The fourth-order valence-corrected chi connectivity index (χ4v) is 0.173. The first-order valence-electron chi connectivity index (χ1n) is 1.88. The second-order valence-electron chi connectivity index (χ2n) is 1.21. The Bertz CT molecular complexity index is 44.8. The third kappa shape index (κ3) is 2.27. The van der Waals surface area contributed by atoms with Crippen molar-refractivity contribution in [1.29, 1.82) is 0 Å². The third-order valence-corrected chi connectivity index (χ3v) is 1.10. The Morgan fingerprint density at radius 3 is 2.50 bits per heavy atom. The summed E-state index contributed by atoms with van der Waals surface area (Å²) >= 11 is 3.96. The van der Waals surface area contributed by atoms with E-state index in [9.17, 15) is 0 Å². The van der Waals surface area contributed by atoms with Gasteiger partial charge in [-0.2, -0.15) is 12.6 Å². The number of nitrogens with zero attached hydrogens (tertiary/aromatic N) is 1. The molecule has 1 atom stereocenters. The SMILES string of the molecule is C=NC(C)CS. The summed E-state index contributed by atoms with van der Waals surface area (Å²) in [4.78, 5) is 3.68. The van der Waals surface area contributed by atoms with Crippen LogP contribution in [0.5, 0.6) is 0 Å². The molecule has 0 saturated heterocycles. The molecule has 1 nitrogen and oxygen atoms in total. The lowest BCUT2D eigenvalue weighted by molar-refractivity contribution is 0.860. The van der Waals surface area contributed by atoms with Crippen molar-refractivity contribution in [3.63, 3.8) is 0 Å². The molecule has 6 heavy (non-hydrogen) atoms. The fourth-order valence-electron chi connectivity index (χ4n) is 0.0577. The van der Waals surface area contributed by atoms with E-state index in [2.05, 4.69) is 24.3 Å². The van der Waals surface area contributed by atoms with Gasteiger partial charge in [-0.15, -0.1) is 0 Å². The number of thiol groups is 1. The van der Waals surface area contributed by atoms with Crippen molar-refractivity contribution >= 4 is 19.3 Å². The molecule has 0 aliphatic rings. The lowest BCUT2D eigenvalue weighted by Gasteiger charge is -1.93. The molecular formula is C4H9NS. The van der Waals surface area contributed by atoms with E-state index < -0.39 is 0 Å². The zero-order valence-corrected chi connectivity index (χ0v) is 4.78. The van der Waals surface area contributed by atoms with Crippen LogP contribution < -0.4 is 0 Å². The van der Waals surface area contributed by atoms with Crippen molar-refractivity contribution in [3.8, 4) is 0 Å². The van der Waals surface area contributed by atoms with Crippen molar-refractivity contribution in [2.75, 3.05) is 5.75 Å². The molecule has 0 aromatic heterocycles. The predicted octanol–water partition coefficient (Wildman–Crippen LogP) is 1.01. The van der Waals surface area contributed by atoms with Crippen LogP contribution in [0.3, 0.4) is 0 Å². The Morgan fingerprint density at radius 2 is 2.50 bits per heavy atom. The van der Waals surface area contributed by atoms with Crippen LogP contribution in [0.15, 0.2) is 4.99 Å². The average Bonchev–Trinajstić information content (AvgIpc) is 1.65. The maximum atomic E-state index is 3.96. The molecule has 0 rings (SSSR count). The molecule has 0 aliphatic carbocycles. The number of hydrogen-bond donors (Lipinski definition) is 1. The quantitative estimate of drug-likeness (QED) is 0.395. The first-order valence-corrected chi connectivity index (χ1v) is 2.51. The van der Waals surface area contributed by atoms with Crippen LogP contribution in [0.1, 0.15) is 6.92 Å². The van der Waals surface area contributed by atoms with Gasteiger partial charge >= 0.3 is 0 Å². The van der Waals surface area contributed by atoms with Gasteiger partial charge < -0.3 is 0 Å². The van der Waals surface area contributed by atoms with E-state index in [1.165, 1.54) is 0 Å². The second kappa shape index (κ2) is 3.22. The lowest BCUT2D eigenvalue weighted by atomic mass is 10.4. The summed E-state index contributed by atoms with van der Waals surface area (Å²) in [7, 11) is 0. The summed E-state index contributed by atoms with van der Waals surface area (Å²) in [5, 5.41) is 0. The van der Waals surface area contributed by atoms with E-state index >= 15 is 0 Å². The summed E-state index contributed by atoms with van der Waals surface area (Å²) in [5.41, 5.74) is 0. The van der Waals surface area contributed by atoms with E-state index in [0.29, 0.717) is 6.04 Å². The first kappa shape index (κ1) is 6.02. The van der Waals surface area contributed by atoms with Gasteiger partial charge in [0, 0.05) is 5.75 Å². The minimum absolute atomic E-state index is 0.313. The van der Waals surface area contributed by atoms with Crippen LogP contribution in [0.4, 0.5) is 0 Å². The molecule has 0 fully saturated rings. The Morgan fingerprint density at radius 1 is 2.00 bits per heavy atom. The molecule has 0 aromatic carbocycles. The molecule has 36 valence electrons. The van der Waals surface area contributed by atoms with Crippen molar-refractivity contribution in [3.05, 3.63) is 0 Å². The first-order chi connectivity index (χ1) is 2.81. The number of rotatable bonds is 2. The van der Waals surface area contributed by atoms with Gasteiger partial charge in [0.15, 0.2) is 0 Å². The molecule has 0 saturated carbocycles. The highest BCUT2D eigenvalue weighted by Crippen LogP contribution is 1.87. The fraction of sp³-hybridized carbons (Fsp3) is 0.750. The lowest BCUT2D eigenvalue weighted by Crippen LogP contribution is -1.95. The molecule has 0 aliphatic heterocycles. The van der Waals surface area contributed by atoms with Gasteiger partial charge in [0.2, 0.25) is 0 Å². The molecule has 0 heterocycles. The minimum Gasteiger partial charge on any atom is -0.297 e. The van der Waals surface area contributed by atoms with Crippen LogP contribution in [0.2, 0.25) is 0 Å². The molecule has 0 aromatic rings. The Labute approximate surface area is 43.9 Å². The van der Waals surface area contributed by atoms with Gasteiger partial charge in [-0.25, -0.2) is 0 Å². The van der Waals surface area contributed by atoms with Gasteiger partial charge in [-0.1, -0.05) is 0 Å². The maximum Gasteiger partial charge on any atom is 0.0552 e. The summed E-state index contributed by atoms with van der Waals surface area (Å²) in [6, 6.07) is 0.313. The Hall–Kier alpha value is 0.0200. The molecule has 0 amide bonds. The molecule has 0 bridgehead atoms. The molecular weight excluding hydrogens is 94.1 g/mol. The van der Waals surface area contributed by atoms with E-state index in [1.54, 1.807) is 0 Å². The monoisotopic (exact) mass is 103 g/mol. The highest BCUT2D eigenvalue weighted by molar-refractivity contribution is 7.80. The number of hydrogen-bond acceptors (Lipinski definition) is 2. The summed E-state index contributed by atoms with van der Waals surface area (Å²) < 4.78 is 0. The molecule has 0 spiro atoms. The summed E-state index contributed by atoms with van der Waals surface area (Å²) in [5.74, 6) is 0.795. The van der Waals surface area contributed by atoms with Crippen LogP contribution in [0.25, 0.3) is 0 Å². The zero-order valence-electron chi connectivity index (χ0n) is 3.89. The minimum atomic E-state index is 0.313. The highest BCUT2D eigenvalue weighted by Gasteiger charge is 1.86. The van der Waals surface area contributed by atoms with Gasteiger partial charge in [0.1, 0.15) is 0 Å². The van der Waals surface area contributed by atoms with E-state index in [0.717, 1.165) is 5.75 Å². The smallest absolute Gasteiger partial charge is 0.0552 e. The van der Waals surface area contributed by atoms with Gasteiger partial charge in [0.05, 0.1) is 6.04 Å². The van der Waals surface area contributed by atoms with Gasteiger partial charge in [-0.3, -0.25) is 4.99 Å². The molecule has 2 heteroatoms. The second-order valence-corrected chi connectivity index (χ2v) is 1.58. The van der Waals surface area contributed by atoms with Crippen LogP contribution >= 0.6 is 12.6 Å². The van der Waals surface area contributed by atoms with E-state index in [1.807, 2.05) is 6.92 Å². The Balaban J connectivity index is 2.96. The molecule has 0 N–H and O–H groups in total. The third-order valence-electron chi connectivity index (χ3n) is 0.576. The standard InChI is InChI=1S/C4H9NS/c1-4(3-6)5-2/h4,6H,2-3H2,1H3. The van der Waals surface area contributed by atoms with Crippen LogP contribution in [-0.4, -0.2) is 18.5 Å². The normalized spacial score (nSPS) is 13.7. The topological polar surface area (TPSA) is 12.4 Å². The molecule has 1 unspecified atom stereocenters. The largest absolute Gasteiger partial charge is 0.297 e. The highest BCUT2D eigenvalue weighted by atomic mass is 32.1. The van der Waals surface area contributed by atoms with Crippen molar-refractivity contribution in [2.45, 2.75) is 13.0 Å². The zero-order chi connectivity index (χ0) is 4.99. The van der Waals surface area contributed by atoms with Crippen LogP contribution in [-0.2, 0) is 0 Å². The van der Waals surface area contributed by atoms with Gasteiger partial charge in [-0.05, 0) is 13.6 Å². The van der Waals surface area contributed by atoms with Crippen molar-refractivity contribution in [2.24, 2.45) is 4.99 Å².